The summed E-state index contributed by atoms with van der Waals surface area (Å²) in [4.78, 5) is -0.112. The van der Waals surface area contributed by atoms with Gasteiger partial charge in [0.2, 0.25) is 10.0 Å². The normalized spacial score (nSPS) is 28.1. The van der Waals surface area contributed by atoms with Crippen LogP contribution in [0.4, 0.5) is 13.2 Å². The molecule has 0 amide bonds. The SMILES string of the molecule is C=CCN1[C@H]2CC[C@@](c3cc(F)ccc3F)(S(=O)(=O)c3ccc(CF)cc3)C[C@H]2C[C@H](C(C)C)S1(=O)=O. The van der Waals surface area contributed by atoms with E-state index < -0.39 is 60.1 Å². The van der Waals surface area contributed by atoms with E-state index in [1.165, 1.54) is 34.6 Å². The lowest BCUT2D eigenvalue weighted by Crippen LogP contribution is -2.59. The second-order valence-electron chi connectivity index (χ2n) is 10.4. The highest BCUT2D eigenvalue weighted by Crippen LogP contribution is 2.54. The Morgan fingerprint density at radius 3 is 2.43 bits per heavy atom. The van der Waals surface area contributed by atoms with E-state index in [4.69, 9.17) is 0 Å². The van der Waals surface area contributed by atoms with Gasteiger partial charge in [0.25, 0.3) is 0 Å². The van der Waals surface area contributed by atoms with Crippen molar-refractivity contribution >= 4 is 19.9 Å². The monoisotopic (exact) mass is 555 g/mol. The zero-order chi connectivity index (χ0) is 27.2. The largest absolute Gasteiger partial charge is 0.246 e. The molecule has 2 aromatic carbocycles. The highest BCUT2D eigenvalue weighted by atomic mass is 32.2. The van der Waals surface area contributed by atoms with Gasteiger partial charge in [-0.3, -0.25) is 0 Å². The molecule has 0 N–H and O–H groups in total. The summed E-state index contributed by atoms with van der Waals surface area (Å²) in [6, 6.07) is 7.63. The number of hydrogen-bond acceptors (Lipinski definition) is 4. The van der Waals surface area contributed by atoms with Crippen LogP contribution in [0.3, 0.4) is 0 Å². The molecule has 2 fully saturated rings. The quantitative estimate of drug-likeness (QED) is 0.422. The van der Waals surface area contributed by atoms with Crippen molar-refractivity contribution < 1.29 is 30.0 Å². The summed E-state index contributed by atoms with van der Waals surface area (Å²) >= 11 is 0. The number of sulfonamides is 1. The van der Waals surface area contributed by atoms with Gasteiger partial charge in [-0.05, 0) is 73.4 Å². The Bertz CT molecular complexity index is 1380. The summed E-state index contributed by atoms with van der Waals surface area (Å²) in [5.41, 5.74) is 0.0382. The van der Waals surface area contributed by atoms with Crippen LogP contribution in [0.2, 0.25) is 0 Å². The average molecular weight is 556 g/mol. The zero-order valence-electron chi connectivity index (χ0n) is 20.9. The number of halogens is 3. The molecule has 1 aliphatic heterocycles. The fourth-order valence-corrected chi connectivity index (χ4v) is 10.8. The van der Waals surface area contributed by atoms with Crippen molar-refractivity contribution in [1.82, 2.24) is 4.31 Å². The van der Waals surface area contributed by atoms with Crippen LogP contribution in [-0.4, -0.2) is 39.0 Å². The fraction of sp³-hybridized carbons (Fsp3) is 0.481. The molecule has 1 heterocycles. The summed E-state index contributed by atoms with van der Waals surface area (Å²) in [6.45, 7) is 6.63. The number of benzene rings is 2. The minimum Gasteiger partial charge on any atom is -0.246 e. The van der Waals surface area contributed by atoms with Crippen LogP contribution in [0.15, 0.2) is 60.0 Å². The van der Waals surface area contributed by atoms with Crippen molar-refractivity contribution in [1.29, 1.82) is 0 Å². The molecular formula is C27H32F3NO4S2. The number of rotatable bonds is 7. The molecule has 2 aliphatic rings. The second kappa shape index (κ2) is 10.2. The van der Waals surface area contributed by atoms with Crippen molar-refractivity contribution in [3.05, 3.63) is 77.9 Å². The minimum atomic E-state index is -4.30. The summed E-state index contributed by atoms with van der Waals surface area (Å²) in [5, 5.41) is -0.742. The first-order chi connectivity index (χ1) is 17.4. The van der Waals surface area contributed by atoms with Gasteiger partial charge in [0, 0.05) is 18.2 Å². The number of fused-ring (bicyclic) bond motifs is 1. The van der Waals surface area contributed by atoms with E-state index in [2.05, 4.69) is 6.58 Å². The Kier molecular flexibility index (Phi) is 7.67. The summed E-state index contributed by atoms with van der Waals surface area (Å²) < 4.78 is 97.8. The first-order valence-electron chi connectivity index (χ1n) is 12.4. The molecule has 1 saturated carbocycles. The van der Waals surface area contributed by atoms with E-state index in [-0.39, 0.29) is 48.6 Å². The van der Waals surface area contributed by atoms with Gasteiger partial charge in [0.1, 0.15) is 23.1 Å². The van der Waals surface area contributed by atoms with E-state index in [9.17, 15) is 25.6 Å². The van der Waals surface area contributed by atoms with Gasteiger partial charge in [-0.1, -0.05) is 32.1 Å². The minimum absolute atomic E-state index is 0.0718. The zero-order valence-corrected chi connectivity index (χ0v) is 22.5. The van der Waals surface area contributed by atoms with Crippen molar-refractivity contribution in [2.24, 2.45) is 11.8 Å². The topological polar surface area (TPSA) is 71.5 Å². The first-order valence-corrected chi connectivity index (χ1v) is 15.3. The first kappa shape index (κ1) is 27.9. The van der Waals surface area contributed by atoms with Crippen molar-refractivity contribution in [2.75, 3.05) is 6.54 Å². The molecular weight excluding hydrogens is 523 g/mol. The molecule has 2 aromatic rings. The maximum atomic E-state index is 15.3. The van der Waals surface area contributed by atoms with Gasteiger partial charge in [0.15, 0.2) is 9.84 Å². The predicted molar refractivity (Wildman–Crippen MR) is 137 cm³/mol. The Balaban J connectivity index is 1.89. The molecule has 1 saturated heterocycles. The van der Waals surface area contributed by atoms with Gasteiger partial charge in [-0.25, -0.2) is 30.0 Å². The van der Waals surface area contributed by atoms with Crippen molar-refractivity contribution in [3.63, 3.8) is 0 Å². The van der Waals surface area contributed by atoms with E-state index in [0.717, 1.165) is 18.2 Å². The molecule has 0 aromatic heterocycles. The lowest BCUT2D eigenvalue weighted by Gasteiger charge is -2.52. The van der Waals surface area contributed by atoms with E-state index in [0.29, 0.717) is 5.56 Å². The maximum Gasteiger partial charge on any atom is 0.217 e. The van der Waals surface area contributed by atoms with Gasteiger partial charge < -0.3 is 0 Å². The van der Waals surface area contributed by atoms with Crippen LogP contribution < -0.4 is 0 Å². The average Bonchev–Trinajstić information content (AvgIpc) is 2.86. The van der Waals surface area contributed by atoms with Crippen LogP contribution in [0.25, 0.3) is 0 Å². The van der Waals surface area contributed by atoms with Crippen LogP contribution in [0.5, 0.6) is 0 Å². The highest BCUT2D eigenvalue weighted by Gasteiger charge is 2.57. The smallest absolute Gasteiger partial charge is 0.217 e. The van der Waals surface area contributed by atoms with Crippen LogP contribution in [0, 0.1) is 23.5 Å². The van der Waals surface area contributed by atoms with E-state index in [1.54, 1.807) is 13.8 Å². The summed E-state index contributed by atoms with van der Waals surface area (Å²) in [5.74, 6) is -2.24. The van der Waals surface area contributed by atoms with Gasteiger partial charge >= 0.3 is 0 Å². The van der Waals surface area contributed by atoms with Gasteiger partial charge in [-0.15, -0.1) is 6.58 Å². The third kappa shape index (κ3) is 4.65. The molecule has 37 heavy (non-hydrogen) atoms. The van der Waals surface area contributed by atoms with Crippen LogP contribution in [0.1, 0.15) is 50.7 Å². The lowest BCUT2D eigenvalue weighted by atomic mass is 9.71. The third-order valence-corrected chi connectivity index (χ3v) is 13.1. The number of sulfone groups is 1. The molecule has 4 atom stereocenters. The molecule has 4 rings (SSSR count). The second-order valence-corrected chi connectivity index (χ2v) is 14.8. The molecule has 1 aliphatic carbocycles. The van der Waals surface area contributed by atoms with Gasteiger partial charge in [-0.2, -0.15) is 4.31 Å². The van der Waals surface area contributed by atoms with E-state index in [1.807, 2.05) is 0 Å². The van der Waals surface area contributed by atoms with Crippen LogP contribution >= 0.6 is 0 Å². The fourth-order valence-electron chi connectivity index (χ4n) is 6.13. The van der Waals surface area contributed by atoms with Crippen LogP contribution in [-0.2, 0) is 31.3 Å². The van der Waals surface area contributed by atoms with Gasteiger partial charge in [0.05, 0.1) is 10.1 Å². The molecule has 10 heteroatoms. The molecule has 202 valence electrons. The molecule has 5 nitrogen and oxygen atoms in total. The lowest BCUT2D eigenvalue weighted by molar-refractivity contribution is 0.124. The van der Waals surface area contributed by atoms with Crippen molar-refractivity contribution in [3.8, 4) is 0 Å². The molecule has 0 bridgehead atoms. The third-order valence-electron chi connectivity index (χ3n) is 7.97. The summed E-state index contributed by atoms with van der Waals surface area (Å²) in [6.07, 6.45) is 1.71. The Morgan fingerprint density at radius 1 is 1.16 bits per heavy atom. The number of alkyl halides is 1. The molecule has 0 spiro atoms. The number of hydrogen-bond donors (Lipinski definition) is 0. The van der Waals surface area contributed by atoms with Crippen molar-refractivity contribution in [2.45, 2.75) is 67.1 Å². The Labute approximate surface area is 217 Å². The predicted octanol–water partition coefficient (Wildman–Crippen LogP) is 5.52. The summed E-state index contributed by atoms with van der Waals surface area (Å²) in [7, 11) is -7.97. The Hall–Kier alpha value is -2.17. The number of nitrogens with zero attached hydrogens (tertiary/aromatic N) is 1. The maximum absolute atomic E-state index is 15.3. The molecule has 0 unspecified atom stereocenters. The highest BCUT2D eigenvalue weighted by molar-refractivity contribution is 7.92. The van der Waals surface area contributed by atoms with E-state index >= 15 is 4.39 Å². The standard InChI is InChI=1S/C27H32F3NO4S2/c1-4-13-31-25-11-12-27(23-15-21(29)7-10-24(23)30,16-20(25)14-26(18(2)3)37(31,34)35)36(32,33)22-8-5-19(17-28)6-9-22/h4-10,15,18,20,25-26H,1,11-14,16-17H2,2-3H3/t20-,25+,26-,27-/m1/s1. The molecule has 0 radical (unpaired) electrons. The Morgan fingerprint density at radius 2 is 1.84 bits per heavy atom.